The first-order valence-corrected chi connectivity index (χ1v) is 14.4. The molecule has 2 aromatic rings. The van der Waals surface area contributed by atoms with Crippen LogP contribution in [-0.4, -0.2) is 57.3 Å². The third-order valence-corrected chi connectivity index (χ3v) is 7.51. The van der Waals surface area contributed by atoms with Crippen molar-refractivity contribution in [3.05, 3.63) is 53.1 Å². The van der Waals surface area contributed by atoms with Crippen LogP contribution in [0.3, 0.4) is 0 Å². The Labute approximate surface area is 223 Å². The molecule has 0 saturated carbocycles. The summed E-state index contributed by atoms with van der Waals surface area (Å²) in [6.07, 6.45) is 1.41. The molecule has 3 rings (SSSR count). The molecule has 37 heavy (non-hydrogen) atoms. The zero-order valence-corrected chi connectivity index (χ0v) is 23.1. The number of nitrogens with zero attached hydrogens (tertiary/aromatic N) is 2. The van der Waals surface area contributed by atoms with Gasteiger partial charge in [0.2, 0.25) is 28.6 Å². The third kappa shape index (κ3) is 7.75. The van der Waals surface area contributed by atoms with E-state index in [9.17, 15) is 18.0 Å². The molecule has 1 atom stereocenters. The Hall–Kier alpha value is -2.98. The Balaban J connectivity index is 1.73. The fourth-order valence-corrected chi connectivity index (χ4v) is 5.04. The van der Waals surface area contributed by atoms with Crippen molar-refractivity contribution >= 4 is 39.1 Å². The number of anilines is 1. The van der Waals surface area contributed by atoms with Crippen molar-refractivity contribution in [1.82, 2.24) is 10.2 Å². The number of hydrogen-bond acceptors (Lipinski definition) is 6. The molecule has 0 fully saturated rings. The van der Waals surface area contributed by atoms with Gasteiger partial charge in [-0.2, -0.15) is 0 Å². The molecule has 9 nitrogen and oxygen atoms in total. The van der Waals surface area contributed by atoms with Gasteiger partial charge in [0.05, 0.1) is 11.9 Å². The number of carbonyl (C=O) groups is 2. The molecule has 2 amide bonds. The summed E-state index contributed by atoms with van der Waals surface area (Å²) in [6.45, 7) is 6.48. The van der Waals surface area contributed by atoms with E-state index in [-0.39, 0.29) is 50.5 Å². The van der Waals surface area contributed by atoms with Gasteiger partial charge in [0.1, 0.15) is 6.04 Å². The van der Waals surface area contributed by atoms with Crippen LogP contribution in [0.15, 0.2) is 42.5 Å². The highest BCUT2D eigenvalue weighted by Gasteiger charge is 2.27. The predicted molar refractivity (Wildman–Crippen MR) is 143 cm³/mol. The van der Waals surface area contributed by atoms with Gasteiger partial charge in [-0.15, -0.1) is 0 Å². The second kappa shape index (κ2) is 12.5. The Kier molecular flexibility index (Phi) is 9.67. The molecule has 1 aliphatic heterocycles. The van der Waals surface area contributed by atoms with Gasteiger partial charge in [-0.1, -0.05) is 43.6 Å². The van der Waals surface area contributed by atoms with Crippen LogP contribution in [-0.2, 0) is 26.2 Å². The summed E-state index contributed by atoms with van der Waals surface area (Å²) in [5.41, 5.74) is 1.15. The number of benzene rings is 2. The molecule has 1 N–H and O–H groups in total. The van der Waals surface area contributed by atoms with Crippen molar-refractivity contribution in [2.45, 2.75) is 46.2 Å². The maximum atomic E-state index is 13.4. The maximum absolute atomic E-state index is 13.4. The van der Waals surface area contributed by atoms with Crippen LogP contribution in [0.4, 0.5) is 5.69 Å². The summed E-state index contributed by atoms with van der Waals surface area (Å²) < 4.78 is 37.0. The van der Waals surface area contributed by atoms with Gasteiger partial charge < -0.3 is 19.7 Å². The Bertz CT molecular complexity index is 1220. The quantitative estimate of drug-likeness (QED) is 0.430. The summed E-state index contributed by atoms with van der Waals surface area (Å²) in [5, 5.41) is 3.38. The molecule has 0 spiro atoms. The van der Waals surface area contributed by atoms with E-state index in [1.807, 2.05) is 26.0 Å². The van der Waals surface area contributed by atoms with Gasteiger partial charge in [0.15, 0.2) is 11.5 Å². The average molecular weight is 552 g/mol. The van der Waals surface area contributed by atoms with E-state index in [2.05, 4.69) is 5.32 Å². The van der Waals surface area contributed by atoms with Gasteiger partial charge in [0.25, 0.3) is 0 Å². The number of ether oxygens (including phenoxy) is 2. The second-order valence-electron chi connectivity index (χ2n) is 9.40. The minimum atomic E-state index is -3.62. The van der Waals surface area contributed by atoms with E-state index in [1.165, 1.54) is 9.21 Å². The zero-order chi connectivity index (χ0) is 27.2. The molecule has 0 unspecified atom stereocenters. The van der Waals surface area contributed by atoms with Crippen molar-refractivity contribution < 1.29 is 27.5 Å². The number of amides is 2. The third-order valence-electron chi connectivity index (χ3n) is 5.95. The number of sulfonamides is 1. The minimum Gasteiger partial charge on any atom is -0.454 e. The van der Waals surface area contributed by atoms with Gasteiger partial charge >= 0.3 is 0 Å². The normalized spacial score (nSPS) is 13.4. The molecule has 11 heteroatoms. The first-order valence-electron chi connectivity index (χ1n) is 12.1. The second-order valence-corrected chi connectivity index (χ2v) is 11.7. The lowest BCUT2D eigenvalue weighted by molar-refractivity contribution is -0.140. The fraction of sp³-hybridized carbons (Fsp3) is 0.462. The number of hydrogen-bond donors (Lipinski definition) is 1. The largest absolute Gasteiger partial charge is 0.454 e. The van der Waals surface area contributed by atoms with E-state index in [0.717, 1.165) is 11.8 Å². The van der Waals surface area contributed by atoms with Gasteiger partial charge in [0, 0.05) is 37.1 Å². The van der Waals surface area contributed by atoms with Crippen molar-refractivity contribution in [2.24, 2.45) is 5.92 Å². The molecule has 0 aromatic heterocycles. The van der Waals surface area contributed by atoms with E-state index >= 15 is 0 Å². The van der Waals surface area contributed by atoms with E-state index in [0.29, 0.717) is 28.8 Å². The Morgan fingerprint density at radius 2 is 1.78 bits per heavy atom. The SMILES string of the molecule is CC(C)CNC(=O)[C@@H](C)N(Cc1ccccc1Cl)C(=O)CCCN(c1ccc2c(c1)OCO2)S(C)(=O)=O. The summed E-state index contributed by atoms with van der Waals surface area (Å²) >= 11 is 6.33. The molecule has 0 aliphatic carbocycles. The highest BCUT2D eigenvalue weighted by molar-refractivity contribution is 7.92. The first kappa shape index (κ1) is 28.6. The molecule has 0 bridgehead atoms. The smallest absolute Gasteiger partial charge is 0.242 e. The van der Waals surface area contributed by atoms with Gasteiger partial charge in [-0.3, -0.25) is 13.9 Å². The van der Waals surface area contributed by atoms with Crippen LogP contribution < -0.4 is 19.1 Å². The topological polar surface area (TPSA) is 105 Å². The van der Waals surface area contributed by atoms with Gasteiger partial charge in [-0.25, -0.2) is 8.42 Å². The predicted octanol–water partition coefficient (Wildman–Crippen LogP) is 3.80. The molecule has 202 valence electrons. The van der Waals surface area contributed by atoms with Crippen molar-refractivity contribution in [3.63, 3.8) is 0 Å². The molecular weight excluding hydrogens is 518 g/mol. The summed E-state index contributed by atoms with van der Waals surface area (Å²) in [4.78, 5) is 27.7. The van der Waals surface area contributed by atoms with Crippen LogP contribution in [0.1, 0.15) is 39.2 Å². The van der Waals surface area contributed by atoms with E-state index in [4.69, 9.17) is 21.1 Å². The Morgan fingerprint density at radius 1 is 1.08 bits per heavy atom. The molecule has 1 aliphatic rings. The lowest BCUT2D eigenvalue weighted by atomic mass is 10.1. The van der Waals surface area contributed by atoms with Gasteiger partial charge in [-0.05, 0) is 43.0 Å². The molecule has 2 aromatic carbocycles. The highest BCUT2D eigenvalue weighted by atomic mass is 35.5. The molecule has 1 heterocycles. The summed E-state index contributed by atoms with van der Waals surface area (Å²) in [5.74, 6) is 0.752. The van der Waals surface area contributed by atoms with Crippen LogP contribution >= 0.6 is 11.6 Å². The number of halogens is 1. The van der Waals surface area contributed by atoms with Crippen LogP contribution in [0, 0.1) is 5.92 Å². The van der Waals surface area contributed by atoms with Crippen LogP contribution in [0.2, 0.25) is 5.02 Å². The van der Waals surface area contributed by atoms with E-state index < -0.39 is 16.1 Å². The number of carbonyl (C=O) groups excluding carboxylic acids is 2. The minimum absolute atomic E-state index is 0.0445. The van der Waals surface area contributed by atoms with Crippen LogP contribution in [0.5, 0.6) is 11.5 Å². The van der Waals surface area contributed by atoms with E-state index in [1.54, 1.807) is 37.3 Å². The molecule has 0 saturated heterocycles. The summed E-state index contributed by atoms with van der Waals surface area (Å²) in [6, 6.07) is 11.3. The monoisotopic (exact) mass is 551 g/mol. The molecule has 0 radical (unpaired) electrons. The highest BCUT2D eigenvalue weighted by Crippen LogP contribution is 2.36. The van der Waals surface area contributed by atoms with Crippen molar-refractivity contribution in [1.29, 1.82) is 0 Å². The van der Waals surface area contributed by atoms with Crippen LogP contribution in [0.25, 0.3) is 0 Å². The van der Waals surface area contributed by atoms with Crippen molar-refractivity contribution in [2.75, 3.05) is 30.4 Å². The lowest BCUT2D eigenvalue weighted by Crippen LogP contribution is -2.48. The Morgan fingerprint density at radius 3 is 2.46 bits per heavy atom. The maximum Gasteiger partial charge on any atom is 0.242 e. The molecular formula is C26H34ClN3O6S. The van der Waals surface area contributed by atoms with Crippen molar-refractivity contribution in [3.8, 4) is 11.5 Å². The average Bonchev–Trinajstić information content (AvgIpc) is 3.31. The summed E-state index contributed by atoms with van der Waals surface area (Å²) in [7, 11) is -3.62. The number of fused-ring (bicyclic) bond motifs is 1. The standard InChI is InChI=1S/C26H34ClN3O6S/c1-18(2)15-28-26(32)19(3)29(16-20-8-5-6-9-22(20)27)25(31)10-7-13-30(37(4,33)34)21-11-12-23-24(14-21)36-17-35-23/h5-6,8-9,11-12,14,18-19H,7,10,13,15-17H2,1-4H3,(H,28,32)/t19-/m1/s1. The number of rotatable bonds is 12. The lowest BCUT2D eigenvalue weighted by Gasteiger charge is -2.30. The number of nitrogens with one attached hydrogen (secondary N) is 1. The fourth-order valence-electron chi connectivity index (χ4n) is 3.89. The first-order chi connectivity index (χ1) is 17.5. The zero-order valence-electron chi connectivity index (χ0n) is 21.6.